The molecule has 1 fully saturated rings. The van der Waals surface area contributed by atoms with E-state index in [1.807, 2.05) is 0 Å². The number of sulfonamides is 1. The van der Waals surface area contributed by atoms with Crippen molar-refractivity contribution in [1.82, 2.24) is 4.72 Å². The van der Waals surface area contributed by atoms with E-state index >= 15 is 0 Å². The second kappa shape index (κ2) is 5.82. The SMILES string of the molecule is Cl.NC(CNS(=O)(=O)c1ccccc1)C1CC1. The molecule has 0 heterocycles. The minimum absolute atomic E-state index is 0. The Labute approximate surface area is 108 Å². The number of halogens is 1. The second-order valence-corrected chi connectivity index (χ2v) is 5.93. The predicted octanol–water partition coefficient (Wildman–Crippen LogP) is 1.12. The Morgan fingerprint density at radius 3 is 2.41 bits per heavy atom. The van der Waals surface area contributed by atoms with Crippen molar-refractivity contribution in [2.75, 3.05) is 6.54 Å². The van der Waals surface area contributed by atoms with Crippen LogP contribution in [0.15, 0.2) is 35.2 Å². The largest absolute Gasteiger partial charge is 0.326 e. The lowest BCUT2D eigenvalue weighted by Gasteiger charge is -2.11. The second-order valence-electron chi connectivity index (χ2n) is 4.17. The maximum Gasteiger partial charge on any atom is 0.240 e. The van der Waals surface area contributed by atoms with Crippen LogP contribution >= 0.6 is 12.4 Å². The molecule has 1 saturated carbocycles. The van der Waals surface area contributed by atoms with Crippen LogP contribution in [0.25, 0.3) is 0 Å². The van der Waals surface area contributed by atoms with Crippen LogP contribution in [0.1, 0.15) is 12.8 Å². The first-order valence-electron chi connectivity index (χ1n) is 5.40. The summed E-state index contributed by atoms with van der Waals surface area (Å²) in [6.45, 7) is 0.321. The molecular weight excluding hydrogens is 260 g/mol. The van der Waals surface area contributed by atoms with Gasteiger partial charge in [-0.05, 0) is 30.9 Å². The lowest BCUT2D eigenvalue weighted by Crippen LogP contribution is -2.38. The zero-order valence-corrected chi connectivity index (χ0v) is 11.0. The standard InChI is InChI=1S/C11H16N2O2S.ClH/c12-11(9-6-7-9)8-13-16(14,15)10-4-2-1-3-5-10;/h1-5,9,11,13H,6-8,12H2;1H. The fraction of sp³-hybridized carbons (Fsp3) is 0.455. The molecule has 0 saturated heterocycles. The highest BCUT2D eigenvalue weighted by Gasteiger charge is 2.29. The average Bonchev–Trinajstić information content (AvgIpc) is 3.11. The third-order valence-corrected chi connectivity index (χ3v) is 4.23. The molecule has 17 heavy (non-hydrogen) atoms. The van der Waals surface area contributed by atoms with Crippen LogP contribution in [0.3, 0.4) is 0 Å². The minimum Gasteiger partial charge on any atom is -0.326 e. The Hall–Kier alpha value is -0.620. The van der Waals surface area contributed by atoms with Gasteiger partial charge in [-0.25, -0.2) is 13.1 Å². The van der Waals surface area contributed by atoms with Gasteiger partial charge in [0.15, 0.2) is 0 Å². The molecule has 0 spiro atoms. The molecule has 1 aliphatic rings. The van der Waals surface area contributed by atoms with Crippen molar-refractivity contribution in [3.63, 3.8) is 0 Å². The molecule has 1 unspecified atom stereocenters. The van der Waals surface area contributed by atoms with Gasteiger partial charge in [0.2, 0.25) is 10.0 Å². The summed E-state index contributed by atoms with van der Waals surface area (Å²) in [6, 6.07) is 8.29. The van der Waals surface area contributed by atoms with Crippen LogP contribution in [0, 0.1) is 5.92 Å². The first kappa shape index (κ1) is 14.4. The highest BCUT2D eigenvalue weighted by molar-refractivity contribution is 7.89. The Morgan fingerprint density at radius 1 is 1.29 bits per heavy atom. The fourth-order valence-corrected chi connectivity index (χ4v) is 2.67. The zero-order chi connectivity index (χ0) is 11.6. The van der Waals surface area contributed by atoms with Gasteiger partial charge in [0, 0.05) is 12.6 Å². The van der Waals surface area contributed by atoms with E-state index in [4.69, 9.17) is 5.73 Å². The third kappa shape index (κ3) is 3.96. The maximum atomic E-state index is 11.8. The molecule has 0 aliphatic heterocycles. The molecule has 3 N–H and O–H groups in total. The van der Waals surface area contributed by atoms with Crippen molar-refractivity contribution in [3.05, 3.63) is 30.3 Å². The van der Waals surface area contributed by atoms with Crippen LogP contribution in [0.4, 0.5) is 0 Å². The van der Waals surface area contributed by atoms with Crippen LogP contribution in [-0.2, 0) is 10.0 Å². The Morgan fingerprint density at radius 2 is 1.88 bits per heavy atom. The molecule has 1 aromatic carbocycles. The molecule has 4 nitrogen and oxygen atoms in total. The molecular formula is C11H17ClN2O2S. The van der Waals surface area contributed by atoms with E-state index < -0.39 is 10.0 Å². The van der Waals surface area contributed by atoms with Crippen LogP contribution in [-0.4, -0.2) is 21.0 Å². The molecule has 0 bridgehead atoms. The van der Waals surface area contributed by atoms with Gasteiger partial charge < -0.3 is 5.73 Å². The molecule has 1 aliphatic carbocycles. The van der Waals surface area contributed by atoms with Crippen molar-refractivity contribution in [2.45, 2.75) is 23.8 Å². The van der Waals surface area contributed by atoms with Gasteiger partial charge in [-0.3, -0.25) is 0 Å². The molecule has 0 amide bonds. The van der Waals surface area contributed by atoms with Gasteiger partial charge in [-0.1, -0.05) is 18.2 Å². The Kier molecular flexibility index (Phi) is 4.94. The van der Waals surface area contributed by atoms with E-state index in [0.717, 1.165) is 12.8 Å². The first-order chi connectivity index (χ1) is 7.59. The topological polar surface area (TPSA) is 72.2 Å². The summed E-state index contributed by atoms with van der Waals surface area (Å²) in [5, 5.41) is 0. The van der Waals surface area contributed by atoms with Crippen molar-refractivity contribution >= 4 is 22.4 Å². The van der Waals surface area contributed by atoms with Gasteiger partial charge in [0.05, 0.1) is 4.90 Å². The summed E-state index contributed by atoms with van der Waals surface area (Å²) < 4.78 is 26.2. The number of nitrogens with one attached hydrogen (secondary N) is 1. The zero-order valence-electron chi connectivity index (χ0n) is 9.37. The summed E-state index contributed by atoms with van der Waals surface area (Å²) in [5.74, 6) is 0.499. The maximum absolute atomic E-state index is 11.8. The summed E-state index contributed by atoms with van der Waals surface area (Å²) in [4.78, 5) is 0.290. The van der Waals surface area contributed by atoms with E-state index in [9.17, 15) is 8.42 Å². The van der Waals surface area contributed by atoms with Crippen LogP contribution in [0.2, 0.25) is 0 Å². The van der Waals surface area contributed by atoms with Gasteiger partial charge in [0.1, 0.15) is 0 Å². The third-order valence-electron chi connectivity index (χ3n) is 2.79. The van der Waals surface area contributed by atoms with E-state index in [-0.39, 0.29) is 23.3 Å². The first-order valence-corrected chi connectivity index (χ1v) is 6.88. The Balaban J connectivity index is 0.00000144. The highest BCUT2D eigenvalue weighted by atomic mass is 35.5. The van der Waals surface area contributed by atoms with Crippen molar-refractivity contribution in [1.29, 1.82) is 0 Å². The molecule has 2 rings (SSSR count). The molecule has 96 valence electrons. The molecule has 0 radical (unpaired) electrons. The average molecular weight is 277 g/mol. The number of rotatable bonds is 5. The molecule has 1 aromatic rings. The van der Waals surface area contributed by atoms with Crippen molar-refractivity contribution < 1.29 is 8.42 Å². The number of hydrogen-bond acceptors (Lipinski definition) is 3. The summed E-state index contributed by atoms with van der Waals surface area (Å²) in [6.07, 6.45) is 2.24. The minimum atomic E-state index is -3.39. The van der Waals surface area contributed by atoms with Crippen LogP contribution in [0.5, 0.6) is 0 Å². The lowest BCUT2D eigenvalue weighted by molar-refractivity contribution is 0.548. The Bertz CT molecular complexity index is 446. The lowest BCUT2D eigenvalue weighted by atomic mass is 10.2. The quantitative estimate of drug-likeness (QED) is 0.847. The van der Waals surface area contributed by atoms with Gasteiger partial charge in [0.25, 0.3) is 0 Å². The van der Waals surface area contributed by atoms with Crippen LogP contribution < -0.4 is 10.5 Å². The fourth-order valence-electron chi connectivity index (χ4n) is 1.58. The number of nitrogens with two attached hydrogens (primary N) is 1. The van der Waals surface area contributed by atoms with Gasteiger partial charge in [-0.15, -0.1) is 12.4 Å². The summed E-state index contributed by atoms with van der Waals surface area (Å²) >= 11 is 0. The normalized spacial score (nSPS) is 17.2. The number of benzene rings is 1. The smallest absolute Gasteiger partial charge is 0.240 e. The van der Waals surface area contributed by atoms with E-state index in [0.29, 0.717) is 12.5 Å². The predicted molar refractivity (Wildman–Crippen MR) is 69.6 cm³/mol. The highest BCUT2D eigenvalue weighted by Crippen LogP contribution is 2.31. The summed E-state index contributed by atoms with van der Waals surface area (Å²) in [7, 11) is -3.39. The molecule has 6 heteroatoms. The summed E-state index contributed by atoms with van der Waals surface area (Å²) in [5.41, 5.74) is 5.84. The number of hydrogen-bond donors (Lipinski definition) is 2. The van der Waals surface area contributed by atoms with Crippen molar-refractivity contribution in [3.8, 4) is 0 Å². The molecule has 0 aromatic heterocycles. The van der Waals surface area contributed by atoms with Crippen molar-refractivity contribution in [2.24, 2.45) is 11.7 Å². The van der Waals surface area contributed by atoms with E-state index in [1.165, 1.54) is 0 Å². The van der Waals surface area contributed by atoms with Gasteiger partial charge in [-0.2, -0.15) is 0 Å². The molecule has 1 atom stereocenters. The van der Waals surface area contributed by atoms with E-state index in [2.05, 4.69) is 4.72 Å². The van der Waals surface area contributed by atoms with E-state index in [1.54, 1.807) is 30.3 Å². The van der Waals surface area contributed by atoms with Gasteiger partial charge >= 0.3 is 0 Å². The monoisotopic (exact) mass is 276 g/mol.